The highest BCUT2D eigenvalue weighted by Gasteiger charge is 2.67. The zero-order valence-electron chi connectivity index (χ0n) is 19.0. The number of ether oxygens (including phenoxy) is 2. The molecule has 7 nitrogen and oxygen atoms in total. The minimum absolute atomic E-state index is 0.0124. The van der Waals surface area contributed by atoms with E-state index in [1.807, 2.05) is 13.3 Å². The maximum Gasteiger partial charge on any atom is 0.220 e. The first-order valence-corrected chi connectivity index (χ1v) is 10.9. The van der Waals surface area contributed by atoms with Crippen LogP contribution in [-0.2, 0) is 26.5 Å². The van der Waals surface area contributed by atoms with Gasteiger partial charge in [-0.2, -0.15) is 0 Å². The first kappa shape index (κ1) is 21.1. The van der Waals surface area contributed by atoms with Gasteiger partial charge in [0.05, 0.1) is 12.2 Å². The third-order valence-corrected chi connectivity index (χ3v) is 7.29. The predicted octanol–water partition coefficient (Wildman–Crippen LogP) is 3.11. The van der Waals surface area contributed by atoms with Crippen molar-refractivity contribution < 1.29 is 14.3 Å². The fourth-order valence-corrected chi connectivity index (χ4v) is 5.77. The van der Waals surface area contributed by atoms with Crippen LogP contribution in [0.5, 0.6) is 0 Å². The Balaban J connectivity index is 1.64. The van der Waals surface area contributed by atoms with Crippen LogP contribution in [0.2, 0.25) is 0 Å². The second-order valence-electron chi connectivity index (χ2n) is 9.00. The summed E-state index contributed by atoms with van der Waals surface area (Å²) in [6, 6.07) is 15.0. The fourth-order valence-electron chi connectivity index (χ4n) is 5.77. The topological polar surface area (TPSA) is 81.7 Å². The lowest BCUT2D eigenvalue weighted by atomic mass is 9.76. The SMILES string of the molecule is C/N=C/c1cccc(-c2ccc3c(c2)C2(N=C(N)N(C)O2)C2(C3)C[C@H](OC)[C@H](OC)C2)c1. The molecule has 0 aromatic heterocycles. The number of fused-ring (bicyclic) bond motifs is 3. The molecule has 168 valence electrons. The minimum atomic E-state index is -0.885. The Morgan fingerprint density at radius 3 is 2.47 bits per heavy atom. The molecule has 2 aliphatic carbocycles. The van der Waals surface area contributed by atoms with Gasteiger partial charge in [-0.25, -0.2) is 14.9 Å². The summed E-state index contributed by atoms with van der Waals surface area (Å²) in [6.07, 6.45) is 4.26. The van der Waals surface area contributed by atoms with E-state index in [2.05, 4.69) is 47.5 Å². The molecule has 1 fully saturated rings. The van der Waals surface area contributed by atoms with Crippen molar-refractivity contribution in [3.8, 4) is 11.1 Å². The average Bonchev–Trinajstić information content (AvgIpc) is 3.40. The summed E-state index contributed by atoms with van der Waals surface area (Å²) in [5.41, 5.74) is 10.7. The number of hydroxylamine groups is 2. The van der Waals surface area contributed by atoms with E-state index in [9.17, 15) is 0 Å². The number of hydrogen-bond donors (Lipinski definition) is 1. The van der Waals surface area contributed by atoms with Crippen molar-refractivity contribution in [1.29, 1.82) is 0 Å². The number of nitrogens with zero attached hydrogens (tertiary/aromatic N) is 3. The monoisotopic (exact) mass is 434 g/mol. The lowest BCUT2D eigenvalue weighted by Gasteiger charge is -2.38. The second kappa shape index (κ2) is 7.69. The molecule has 0 amide bonds. The Hall–Kier alpha value is -2.74. The number of aliphatic imine (C=N–C) groups is 2. The molecule has 2 N–H and O–H groups in total. The quantitative estimate of drug-likeness (QED) is 0.748. The molecule has 1 aliphatic heterocycles. The molecule has 7 heteroatoms. The van der Waals surface area contributed by atoms with Crippen LogP contribution in [-0.4, -0.2) is 57.8 Å². The van der Waals surface area contributed by atoms with Crippen LogP contribution in [0.1, 0.15) is 29.5 Å². The largest absolute Gasteiger partial charge is 0.379 e. The first-order valence-electron chi connectivity index (χ1n) is 10.9. The molecule has 2 spiro atoms. The van der Waals surface area contributed by atoms with Crippen molar-refractivity contribution in [2.75, 3.05) is 28.3 Å². The maximum atomic E-state index is 6.50. The van der Waals surface area contributed by atoms with Crippen LogP contribution in [0, 0.1) is 5.41 Å². The molecular formula is C25H30N4O3. The predicted molar refractivity (Wildman–Crippen MR) is 125 cm³/mol. The summed E-state index contributed by atoms with van der Waals surface area (Å²) in [5.74, 6) is 0.388. The van der Waals surface area contributed by atoms with E-state index in [-0.39, 0.29) is 17.6 Å². The van der Waals surface area contributed by atoms with Gasteiger partial charge in [-0.1, -0.05) is 30.3 Å². The summed E-state index contributed by atoms with van der Waals surface area (Å²) >= 11 is 0. The van der Waals surface area contributed by atoms with Gasteiger partial charge in [-0.05, 0) is 53.6 Å². The van der Waals surface area contributed by atoms with Crippen LogP contribution >= 0.6 is 0 Å². The smallest absolute Gasteiger partial charge is 0.220 e. The maximum absolute atomic E-state index is 6.50. The fraction of sp³-hybridized carbons (Fsp3) is 0.440. The number of nitrogens with two attached hydrogens (primary N) is 1. The highest BCUT2D eigenvalue weighted by Crippen LogP contribution is 2.63. The molecule has 2 aromatic carbocycles. The van der Waals surface area contributed by atoms with E-state index >= 15 is 0 Å². The third-order valence-electron chi connectivity index (χ3n) is 7.29. The summed E-state index contributed by atoms with van der Waals surface area (Å²) in [4.78, 5) is 15.6. The van der Waals surface area contributed by atoms with Crippen molar-refractivity contribution in [2.24, 2.45) is 21.1 Å². The average molecular weight is 435 g/mol. The van der Waals surface area contributed by atoms with Crippen LogP contribution in [0.3, 0.4) is 0 Å². The molecule has 5 rings (SSSR count). The van der Waals surface area contributed by atoms with Crippen LogP contribution in [0.4, 0.5) is 0 Å². The summed E-state index contributed by atoms with van der Waals surface area (Å²) in [5, 5.41) is 1.59. The molecule has 2 aromatic rings. The number of guanidine groups is 1. The van der Waals surface area contributed by atoms with Gasteiger partial charge in [0.15, 0.2) is 0 Å². The van der Waals surface area contributed by atoms with Crippen molar-refractivity contribution in [1.82, 2.24) is 5.06 Å². The highest BCUT2D eigenvalue weighted by atomic mass is 16.7. The van der Waals surface area contributed by atoms with Gasteiger partial charge < -0.3 is 15.2 Å². The van der Waals surface area contributed by atoms with Gasteiger partial charge >= 0.3 is 0 Å². The van der Waals surface area contributed by atoms with Crippen LogP contribution in [0.25, 0.3) is 11.1 Å². The van der Waals surface area contributed by atoms with Gasteiger partial charge in [0.1, 0.15) is 0 Å². The van der Waals surface area contributed by atoms with E-state index in [0.717, 1.165) is 41.5 Å². The molecule has 0 saturated heterocycles. The Kier molecular flexibility index (Phi) is 5.08. The molecule has 2 unspecified atom stereocenters. The van der Waals surface area contributed by atoms with Crippen LogP contribution in [0.15, 0.2) is 52.4 Å². The van der Waals surface area contributed by atoms with Gasteiger partial charge in [-0.3, -0.25) is 4.99 Å². The van der Waals surface area contributed by atoms with E-state index in [4.69, 9.17) is 25.0 Å². The molecule has 4 atom stereocenters. The van der Waals surface area contributed by atoms with Gasteiger partial charge in [0.2, 0.25) is 11.7 Å². The number of benzene rings is 2. The summed E-state index contributed by atoms with van der Waals surface area (Å²) in [7, 11) is 7.08. The minimum Gasteiger partial charge on any atom is -0.379 e. The summed E-state index contributed by atoms with van der Waals surface area (Å²) < 4.78 is 11.6. The molecule has 1 heterocycles. The zero-order chi connectivity index (χ0) is 22.5. The van der Waals surface area contributed by atoms with E-state index < -0.39 is 5.72 Å². The molecule has 32 heavy (non-hydrogen) atoms. The molecule has 1 saturated carbocycles. The van der Waals surface area contributed by atoms with Gasteiger partial charge in [0.25, 0.3) is 0 Å². The Bertz CT molecular complexity index is 1090. The Labute approximate surface area is 188 Å². The van der Waals surface area contributed by atoms with E-state index in [0.29, 0.717) is 5.96 Å². The molecular weight excluding hydrogens is 404 g/mol. The molecule has 3 aliphatic rings. The van der Waals surface area contributed by atoms with Crippen LogP contribution < -0.4 is 5.73 Å². The second-order valence-corrected chi connectivity index (χ2v) is 9.00. The standard InChI is InChI=1S/C25H30N4O3/c1-27-15-16-6-5-7-17(10-16)18-8-9-19-12-24(13-21(30-3)22(14-24)31-4)25(20(19)11-18)28-23(26)29(2)32-25/h5-11,15,21-22H,12-14H2,1-4H3,(H2,26,28)/b27-15+/t21-,22+,24?,25?. The lowest BCUT2D eigenvalue weighted by Crippen LogP contribution is -2.42. The van der Waals surface area contributed by atoms with E-state index in [1.54, 1.807) is 26.3 Å². The number of methoxy groups -OCH3 is 2. The molecule has 0 radical (unpaired) electrons. The summed E-state index contributed by atoms with van der Waals surface area (Å²) in [6.45, 7) is 0. The van der Waals surface area contributed by atoms with Crippen molar-refractivity contribution >= 4 is 12.2 Å². The molecule has 0 bridgehead atoms. The lowest BCUT2D eigenvalue weighted by molar-refractivity contribution is -0.222. The van der Waals surface area contributed by atoms with Crippen molar-refractivity contribution in [3.05, 3.63) is 59.2 Å². The third kappa shape index (κ3) is 2.99. The van der Waals surface area contributed by atoms with Gasteiger partial charge in [0, 0.05) is 45.5 Å². The normalized spacial score (nSPS) is 31.2. The Morgan fingerprint density at radius 1 is 1.12 bits per heavy atom. The first-order chi connectivity index (χ1) is 15.4. The van der Waals surface area contributed by atoms with E-state index in [1.165, 1.54) is 5.56 Å². The Morgan fingerprint density at radius 2 is 1.84 bits per heavy atom. The van der Waals surface area contributed by atoms with Gasteiger partial charge in [-0.15, -0.1) is 0 Å². The zero-order valence-corrected chi connectivity index (χ0v) is 19.0. The number of rotatable bonds is 4. The van der Waals surface area contributed by atoms with Crippen molar-refractivity contribution in [3.63, 3.8) is 0 Å². The van der Waals surface area contributed by atoms with Crippen molar-refractivity contribution in [2.45, 2.75) is 37.2 Å². The highest BCUT2D eigenvalue weighted by molar-refractivity contribution is 5.83. The number of hydrogen-bond acceptors (Lipinski definition) is 7.